The lowest BCUT2D eigenvalue weighted by Crippen LogP contribution is -2.47. The van der Waals surface area contributed by atoms with Crippen LogP contribution in [0.1, 0.15) is 38.5 Å². The minimum Gasteiger partial charge on any atom is -0.327 e. The highest BCUT2D eigenvalue weighted by atomic mass is 35.5. The van der Waals surface area contributed by atoms with Crippen molar-refractivity contribution in [1.29, 1.82) is 0 Å². The summed E-state index contributed by atoms with van der Waals surface area (Å²) in [5.74, 6) is 0. The van der Waals surface area contributed by atoms with Crippen molar-refractivity contribution in [3.05, 3.63) is 0 Å². The summed E-state index contributed by atoms with van der Waals surface area (Å²) in [6.07, 6.45) is 8.34. The molecule has 1 saturated heterocycles. The second-order valence-corrected chi connectivity index (χ2v) is 5.45. The molecule has 3 fully saturated rings. The van der Waals surface area contributed by atoms with Gasteiger partial charge in [0.05, 0.1) is 0 Å². The fraction of sp³-hybridized carbons (Fsp3) is 1.00. The second kappa shape index (κ2) is 3.36. The van der Waals surface area contributed by atoms with Crippen molar-refractivity contribution in [2.24, 2.45) is 16.6 Å². The Bertz CT molecular complexity index is 219. The summed E-state index contributed by atoms with van der Waals surface area (Å²) in [7, 11) is 0. The summed E-state index contributed by atoms with van der Waals surface area (Å²) in [4.78, 5) is 0. The van der Waals surface area contributed by atoms with Gasteiger partial charge in [-0.25, -0.2) is 0 Å². The summed E-state index contributed by atoms with van der Waals surface area (Å²) in [6, 6.07) is 0.530. The zero-order valence-electron chi connectivity index (χ0n) is 8.72. The Morgan fingerprint density at radius 1 is 0.857 bits per heavy atom. The summed E-state index contributed by atoms with van der Waals surface area (Å²) in [5, 5.41) is 3.45. The van der Waals surface area contributed by atoms with Gasteiger partial charge < -0.3 is 11.1 Å². The lowest BCUT2D eigenvalue weighted by Gasteiger charge is -2.39. The zero-order valence-corrected chi connectivity index (χ0v) is 9.54. The Hall–Kier alpha value is 0.210. The zero-order chi connectivity index (χ0) is 8.94. The molecule has 82 valence electrons. The van der Waals surface area contributed by atoms with Gasteiger partial charge in [0.2, 0.25) is 0 Å². The Labute approximate surface area is 92.4 Å². The third-order valence-corrected chi connectivity index (χ3v) is 4.93. The maximum atomic E-state index is 6.46. The molecule has 1 unspecified atom stereocenters. The highest BCUT2D eigenvalue weighted by Gasteiger charge is 2.60. The van der Waals surface area contributed by atoms with Crippen LogP contribution in [0.4, 0.5) is 0 Å². The molecule has 3 N–H and O–H groups in total. The van der Waals surface area contributed by atoms with E-state index >= 15 is 0 Å². The first-order valence-corrected chi connectivity index (χ1v) is 5.74. The van der Waals surface area contributed by atoms with E-state index in [0.717, 1.165) is 0 Å². The van der Waals surface area contributed by atoms with E-state index in [0.29, 0.717) is 16.9 Å². The molecule has 0 amide bonds. The normalized spacial score (nSPS) is 37.1. The summed E-state index contributed by atoms with van der Waals surface area (Å²) < 4.78 is 0. The van der Waals surface area contributed by atoms with Gasteiger partial charge in [-0.3, -0.25) is 0 Å². The molecule has 2 saturated carbocycles. The minimum atomic E-state index is 0. The standard InChI is InChI=1S/C11H20N2.ClH/c12-9-10(1-2-10)3-4-11(9)5-7-13-8-6-11;/h9,13H,1-8,12H2;1H. The number of hydrogen-bond donors (Lipinski definition) is 2. The van der Waals surface area contributed by atoms with Gasteiger partial charge in [-0.05, 0) is 62.4 Å². The van der Waals surface area contributed by atoms with Crippen LogP contribution in [-0.2, 0) is 0 Å². The molecule has 0 aromatic rings. The van der Waals surface area contributed by atoms with E-state index in [2.05, 4.69) is 5.32 Å². The van der Waals surface area contributed by atoms with Gasteiger partial charge >= 0.3 is 0 Å². The van der Waals surface area contributed by atoms with Crippen molar-refractivity contribution in [3.63, 3.8) is 0 Å². The fourth-order valence-corrected chi connectivity index (χ4v) is 3.67. The van der Waals surface area contributed by atoms with E-state index < -0.39 is 0 Å². The molecule has 3 rings (SSSR count). The van der Waals surface area contributed by atoms with Crippen molar-refractivity contribution in [2.45, 2.75) is 44.6 Å². The van der Waals surface area contributed by atoms with Gasteiger partial charge in [-0.15, -0.1) is 12.4 Å². The third kappa shape index (κ3) is 1.31. The summed E-state index contributed by atoms with van der Waals surface area (Å²) in [6.45, 7) is 2.40. The second-order valence-electron chi connectivity index (χ2n) is 5.45. The van der Waals surface area contributed by atoms with Gasteiger partial charge in [-0.1, -0.05) is 0 Å². The van der Waals surface area contributed by atoms with Gasteiger partial charge in [0, 0.05) is 6.04 Å². The summed E-state index contributed by atoms with van der Waals surface area (Å²) >= 11 is 0. The SMILES string of the molecule is Cl.NC1C2(CCNCC2)CCC12CC2. The lowest BCUT2D eigenvalue weighted by atomic mass is 9.73. The van der Waals surface area contributed by atoms with E-state index in [1.165, 1.54) is 51.6 Å². The highest BCUT2D eigenvalue weighted by molar-refractivity contribution is 5.85. The van der Waals surface area contributed by atoms with Gasteiger partial charge in [0.1, 0.15) is 0 Å². The molecule has 14 heavy (non-hydrogen) atoms. The van der Waals surface area contributed by atoms with Crippen molar-refractivity contribution in [3.8, 4) is 0 Å². The first-order valence-electron chi connectivity index (χ1n) is 5.74. The molecular formula is C11H21ClN2. The summed E-state index contributed by atoms with van der Waals surface area (Å²) in [5.41, 5.74) is 7.62. The van der Waals surface area contributed by atoms with Crippen molar-refractivity contribution < 1.29 is 0 Å². The van der Waals surface area contributed by atoms with Crippen LogP contribution >= 0.6 is 12.4 Å². The van der Waals surface area contributed by atoms with E-state index in [4.69, 9.17) is 5.73 Å². The molecule has 1 heterocycles. The highest BCUT2D eigenvalue weighted by Crippen LogP contribution is 2.64. The van der Waals surface area contributed by atoms with Crippen LogP contribution in [-0.4, -0.2) is 19.1 Å². The Kier molecular flexibility index (Phi) is 2.57. The van der Waals surface area contributed by atoms with Gasteiger partial charge in [0.25, 0.3) is 0 Å². The lowest BCUT2D eigenvalue weighted by molar-refractivity contribution is 0.166. The molecule has 2 nitrogen and oxygen atoms in total. The molecule has 0 bridgehead atoms. The Balaban J connectivity index is 0.000000750. The monoisotopic (exact) mass is 216 g/mol. The first kappa shape index (κ1) is 10.7. The van der Waals surface area contributed by atoms with Crippen LogP contribution in [0.25, 0.3) is 0 Å². The van der Waals surface area contributed by atoms with Gasteiger partial charge in [0.15, 0.2) is 0 Å². The van der Waals surface area contributed by atoms with Crippen LogP contribution in [0.5, 0.6) is 0 Å². The van der Waals surface area contributed by atoms with Crippen molar-refractivity contribution >= 4 is 12.4 Å². The molecule has 1 atom stereocenters. The van der Waals surface area contributed by atoms with Crippen LogP contribution in [0.2, 0.25) is 0 Å². The molecule has 0 radical (unpaired) electrons. The number of hydrogen-bond acceptors (Lipinski definition) is 2. The minimum absolute atomic E-state index is 0. The van der Waals surface area contributed by atoms with E-state index in [1.54, 1.807) is 0 Å². The molecular weight excluding hydrogens is 196 g/mol. The average molecular weight is 217 g/mol. The average Bonchev–Trinajstić information content (AvgIpc) is 2.92. The molecule has 2 aliphatic carbocycles. The molecule has 1 aliphatic heterocycles. The molecule has 0 aromatic heterocycles. The van der Waals surface area contributed by atoms with Gasteiger partial charge in [-0.2, -0.15) is 0 Å². The van der Waals surface area contributed by atoms with Crippen LogP contribution in [0, 0.1) is 10.8 Å². The Morgan fingerprint density at radius 2 is 1.29 bits per heavy atom. The quantitative estimate of drug-likeness (QED) is 0.647. The largest absolute Gasteiger partial charge is 0.327 e. The Morgan fingerprint density at radius 3 is 1.79 bits per heavy atom. The van der Waals surface area contributed by atoms with E-state index in [9.17, 15) is 0 Å². The first-order chi connectivity index (χ1) is 6.28. The van der Waals surface area contributed by atoms with Crippen molar-refractivity contribution in [2.75, 3.05) is 13.1 Å². The molecule has 3 aliphatic rings. The predicted octanol–water partition coefficient (Wildman–Crippen LogP) is 1.68. The molecule has 3 heteroatoms. The molecule has 0 aromatic carbocycles. The topological polar surface area (TPSA) is 38.0 Å². The maximum absolute atomic E-state index is 6.46. The number of halogens is 1. The fourth-order valence-electron chi connectivity index (χ4n) is 3.67. The number of nitrogens with one attached hydrogen (secondary N) is 1. The van der Waals surface area contributed by atoms with Crippen LogP contribution in [0.3, 0.4) is 0 Å². The predicted molar refractivity (Wildman–Crippen MR) is 60.7 cm³/mol. The number of nitrogens with two attached hydrogens (primary N) is 1. The maximum Gasteiger partial charge on any atom is 0.0153 e. The third-order valence-electron chi connectivity index (χ3n) is 4.93. The van der Waals surface area contributed by atoms with E-state index in [-0.39, 0.29) is 12.4 Å². The number of piperidine rings is 1. The van der Waals surface area contributed by atoms with Crippen molar-refractivity contribution in [1.82, 2.24) is 5.32 Å². The number of rotatable bonds is 0. The molecule has 2 spiro atoms. The van der Waals surface area contributed by atoms with Crippen LogP contribution in [0.15, 0.2) is 0 Å². The van der Waals surface area contributed by atoms with E-state index in [1.807, 2.05) is 0 Å². The van der Waals surface area contributed by atoms with Crippen LogP contribution < -0.4 is 11.1 Å². The smallest absolute Gasteiger partial charge is 0.0153 e.